The Morgan fingerprint density at radius 2 is 2.04 bits per heavy atom. The average Bonchev–Trinajstić information content (AvgIpc) is 2.58. The first-order valence-corrected chi connectivity index (χ1v) is 8.32. The molecule has 2 aromatic rings. The molecule has 2 aromatic carbocycles. The molecule has 1 atom stereocenters. The lowest BCUT2D eigenvalue weighted by Gasteiger charge is -2.15. The van der Waals surface area contributed by atoms with Crippen LogP contribution in [0.5, 0.6) is 11.5 Å². The highest BCUT2D eigenvalue weighted by Gasteiger charge is 2.12. The maximum atomic E-state index is 13.7. The fraction of sp³-hybridized carbons (Fsp3) is 0.350. The van der Waals surface area contributed by atoms with E-state index in [1.807, 2.05) is 38.1 Å². The molecule has 0 saturated heterocycles. The summed E-state index contributed by atoms with van der Waals surface area (Å²) in [5, 5.41) is 2.87. The van der Waals surface area contributed by atoms with Crippen molar-refractivity contribution in [2.75, 3.05) is 13.7 Å². The topological polar surface area (TPSA) is 47.6 Å². The number of hydrogen-bond donors (Lipinski definition) is 1. The molecule has 25 heavy (non-hydrogen) atoms. The summed E-state index contributed by atoms with van der Waals surface area (Å²) in [5.41, 5.74) is 1.83. The molecule has 0 spiro atoms. The summed E-state index contributed by atoms with van der Waals surface area (Å²) in [5.74, 6) is 0.474. The highest BCUT2D eigenvalue weighted by Crippen LogP contribution is 2.21. The van der Waals surface area contributed by atoms with Crippen LogP contribution in [0.2, 0.25) is 0 Å². The molecule has 134 valence electrons. The Hall–Kier alpha value is -2.56. The summed E-state index contributed by atoms with van der Waals surface area (Å²) in [6, 6.07) is 12.2. The average molecular weight is 345 g/mol. The smallest absolute Gasteiger partial charge is 0.220 e. The van der Waals surface area contributed by atoms with E-state index in [9.17, 15) is 9.18 Å². The molecule has 0 fully saturated rings. The Kier molecular flexibility index (Phi) is 6.81. The third-order valence-electron chi connectivity index (χ3n) is 3.86. The first kappa shape index (κ1) is 18.8. The molecular weight excluding hydrogens is 321 g/mol. The number of aryl methyl sites for hydroxylation is 1. The molecule has 0 radical (unpaired) electrons. The van der Waals surface area contributed by atoms with Crippen LogP contribution in [0.4, 0.5) is 4.39 Å². The van der Waals surface area contributed by atoms with Crippen molar-refractivity contribution < 1.29 is 18.7 Å². The van der Waals surface area contributed by atoms with Gasteiger partial charge in [0.15, 0.2) is 11.6 Å². The van der Waals surface area contributed by atoms with Crippen molar-refractivity contribution in [3.63, 3.8) is 0 Å². The van der Waals surface area contributed by atoms with Gasteiger partial charge in [-0.3, -0.25) is 4.79 Å². The first-order valence-electron chi connectivity index (χ1n) is 8.32. The Morgan fingerprint density at radius 3 is 2.72 bits per heavy atom. The van der Waals surface area contributed by atoms with Gasteiger partial charge in [-0.2, -0.15) is 0 Å². The van der Waals surface area contributed by atoms with E-state index in [0.717, 1.165) is 11.3 Å². The summed E-state index contributed by atoms with van der Waals surface area (Å²) in [6.07, 6.45) is 0.970. The van der Waals surface area contributed by atoms with Crippen LogP contribution in [0.15, 0.2) is 42.5 Å². The molecule has 0 aliphatic carbocycles. The van der Waals surface area contributed by atoms with Gasteiger partial charge in [0.25, 0.3) is 0 Å². The zero-order valence-electron chi connectivity index (χ0n) is 14.8. The van der Waals surface area contributed by atoms with Gasteiger partial charge < -0.3 is 14.8 Å². The van der Waals surface area contributed by atoms with E-state index in [1.165, 1.54) is 13.2 Å². The molecule has 1 N–H and O–H groups in total. The third-order valence-corrected chi connectivity index (χ3v) is 3.86. The van der Waals surface area contributed by atoms with E-state index < -0.39 is 5.82 Å². The van der Waals surface area contributed by atoms with E-state index in [2.05, 4.69) is 5.32 Å². The van der Waals surface area contributed by atoms with E-state index in [1.54, 1.807) is 12.1 Å². The van der Waals surface area contributed by atoms with Crippen molar-refractivity contribution in [1.82, 2.24) is 5.32 Å². The van der Waals surface area contributed by atoms with Gasteiger partial charge in [0, 0.05) is 6.42 Å². The molecule has 0 heterocycles. The molecule has 0 aromatic heterocycles. The largest absolute Gasteiger partial charge is 0.494 e. The van der Waals surface area contributed by atoms with Crippen LogP contribution in [0.3, 0.4) is 0 Å². The van der Waals surface area contributed by atoms with Crippen LogP contribution >= 0.6 is 0 Å². The summed E-state index contributed by atoms with van der Waals surface area (Å²) in [6.45, 7) is 4.30. The second-order valence-corrected chi connectivity index (χ2v) is 5.95. The zero-order valence-corrected chi connectivity index (χ0v) is 14.8. The molecular formula is C20H24FNO3. The maximum absolute atomic E-state index is 13.7. The van der Waals surface area contributed by atoms with Crippen molar-refractivity contribution in [3.05, 3.63) is 59.4 Å². The van der Waals surface area contributed by atoms with Gasteiger partial charge in [-0.05, 0) is 55.7 Å². The number of amides is 1. The minimum absolute atomic E-state index is 0.0865. The van der Waals surface area contributed by atoms with Crippen LogP contribution in [0, 0.1) is 12.7 Å². The lowest BCUT2D eigenvalue weighted by atomic mass is 10.1. The number of nitrogens with one attached hydrogen (secondary N) is 1. The molecule has 4 nitrogen and oxygen atoms in total. The Morgan fingerprint density at radius 1 is 1.24 bits per heavy atom. The highest BCUT2D eigenvalue weighted by atomic mass is 19.1. The second-order valence-electron chi connectivity index (χ2n) is 5.95. The fourth-order valence-corrected chi connectivity index (χ4v) is 2.48. The number of carbonyl (C=O) groups is 1. The normalized spacial score (nSPS) is 11.7. The van der Waals surface area contributed by atoms with Gasteiger partial charge in [-0.1, -0.05) is 18.2 Å². The molecule has 2 rings (SSSR count). The number of hydrogen-bond acceptors (Lipinski definition) is 3. The molecule has 1 amide bonds. The SMILES string of the molecule is COc1ccc([C@H](C)NC(=O)CCCOc2cccc(C)c2)cc1F. The summed E-state index contributed by atoms with van der Waals surface area (Å²) in [7, 11) is 1.42. The first-order chi connectivity index (χ1) is 12.0. The number of ether oxygens (including phenoxy) is 2. The van der Waals surface area contributed by atoms with Crippen LogP contribution in [-0.2, 0) is 4.79 Å². The van der Waals surface area contributed by atoms with Crippen molar-refractivity contribution in [3.8, 4) is 11.5 Å². The number of rotatable bonds is 8. The second kappa shape index (κ2) is 9.06. The van der Waals surface area contributed by atoms with E-state index in [-0.39, 0.29) is 17.7 Å². The Labute approximate surface area is 148 Å². The monoisotopic (exact) mass is 345 g/mol. The molecule has 0 bridgehead atoms. The number of halogens is 1. The highest BCUT2D eigenvalue weighted by molar-refractivity contribution is 5.76. The van der Waals surface area contributed by atoms with Crippen molar-refractivity contribution in [2.24, 2.45) is 0 Å². The van der Waals surface area contributed by atoms with Gasteiger partial charge in [-0.15, -0.1) is 0 Å². The Bertz CT molecular complexity index is 718. The van der Waals surface area contributed by atoms with Gasteiger partial charge in [0.2, 0.25) is 5.91 Å². The standard InChI is InChI=1S/C20H24FNO3/c1-14-6-4-7-17(12-14)25-11-5-8-20(23)22-15(2)16-9-10-19(24-3)18(21)13-16/h4,6-7,9-10,12-13,15H,5,8,11H2,1-3H3,(H,22,23)/t15-/m0/s1. The predicted molar refractivity (Wildman–Crippen MR) is 95.4 cm³/mol. The minimum atomic E-state index is -0.437. The Balaban J connectivity index is 1.75. The van der Waals surface area contributed by atoms with Gasteiger partial charge in [0.05, 0.1) is 19.8 Å². The number of methoxy groups -OCH3 is 1. The summed E-state index contributed by atoms with van der Waals surface area (Å²) in [4.78, 5) is 12.0. The number of carbonyl (C=O) groups excluding carboxylic acids is 1. The zero-order chi connectivity index (χ0) is 18.2. The van der Waals surface area contributed by atoms with Gasteiger partial charge >= 0.3 is 0 Å². The van der Waals surface area contributed by atoms with Crippen LogP contribution < -0.4 is 14.8 Å². The third kappa shape index (κ3) is 5.78. The number of benzene rings is 2. The van der Waals surface area contributed by atoms with E-state index in [0.29, 0.717) is 25.0 Å². The minimum Gasteiger partial charge on any atom is -0.494 e. The van der Waals surface area contributed by atoms with E-state index in [4.69, 9.17) is 9.47 Å². The molecule has 0 aliphatic rings. The molecule has 5 heteroatoms. The van der Waals surface area contributed by atoms with Crippen LogP contribution in [0.25, 0.3) is 0 Å². The van der Waals surface area contributed by atoms with Crippen molar-refractivity contribution in [2.45, 2.75) is 32.7 Å². The summed E-state index contributed by atoms with van der Waals surface area (Å²) < 4.78 is 24.3. The fourth-order valence-electron chi connectivity index (χ4n) is 2.48. The van der Waals surface area contributed by atoms with E-state index >= 15 is 0 Å². The van der Waals surface area contributed by atoms with Gasteiger partial charge in [-0.25, -0.2) is 4.39 Å². The maximum Gasteiger partial charge on any atom is 0.220 e. The van der Waals surface area contributed by atoms with Crippen molar-refractivity contribution in [1.29, 1.82) is 0 Å². The molecule has 0 unspecified atom stereocenters. The lowest BCUT2D eigenvalue weighted by Crippen LogP contribution is -2.26. The quantitative estimate of drug-likeness (QED) is 0.730. The summed E-state index contributed by atoms with van der Waals surface area (Å²) >= 11 is 0. The van der Waals surface area contributed by atoms with Crippen LogP contribution in [0.1, 0.15) is 36.9 Å². The van der Waals surface area contributed by atoms with Crippen molar-refractivity contribution >= 4 is 5.91 Å². The molecule has 0 saturated carbocycles. The van der Waals surface area contributed by atoms with Gasteiger partial charge in [0.1, 0.15) is 5.75 Å². The molecule has 0 aliphatic heterocycles. The van der Waals surface area contributed by atoms with Crippen LogP contribution in [-0.4, -0.2) is 19.6 Å². The predicted octanol–water partition coefficient (Wildman–Crippen LogP) is 4.18. The lowest BCUT2D eigenvalue weighted by molar-refractivity contribution is -0.121.